The lowest BCUT2D eigenvalue weighted by Crippen LogP contribution is -2.51. The second kappa shape index (κ2) is 7.15. The Morgan fingerprint density at radius 2 is 1.95 bits per heavy atom. The van der Waals surface area contributed by atoms with Crippen LogP contribution in [0.25, 0.3) is 6.08 Å². The zero-order valence-electron chi connectivity index (χ0n) is 13.7. The van der Waals surface area contributed by atoms with Crippen LogP contribution in [0, 0.1) is 0 Å². The lowest BCUT2D eigenvalue weighted by atomic mass is 10.1. The summed E-state index contributed by atoms with van der Waals surface area (Å²) in [4.78, 5) is 23.4. The first-order valence-electron chi connectivity index (χ1n) is 7.08. The Hall–Kier alpha value is -2.24. The van der Waals surface area contributed by atoms with Gasteiger partial charge in [-0.25, -0.2) is 4.79 Å². The first-order chi connectivity index (χ1) is 10.1. The van der Waals surface area contributed by atoms with Gasteiger partial charge in [0.15, 0.2) is 0 Å². The highest BCUT2D eigenvalue weighted by Crippen LogP contribution is 2.08. The van der Waals surface area contributed by atoms with Crippen LogP contribution < -0.4 is 10.6 Å². The van der Waals surface area contributed by atoms with Gasteiger partial charge in [0.05, 0.1) is 11.8 Å². The van der Waals surface area contributed by atoms with E-state index in [0.717, 1.165) is 0 Å². The average Bonchev–Trinajstić information content (AvgIpc) is 2.84. The molecule has 0 saturated carbocycles. The van der Waals surface area contributed by atoms with Crippen molar-refractivity contribution in [1.82, 2.24) is 10.6 Å². The summed E-state index contributed by atoms with van der Waals surface area (Å²) in [5.41, 5.74) is -1.16. The fourth-order valence-electron chi connectivity index (χ4n) is 1.57. The molecular weight excluding hydrogens is 284 g/mol. The quantitative estimate of drug-likeness (QED) is 0.820. The third-order valence-corrected chi connectivity index (χ3v) is 2.48. The number of carbonyl (C=O) groups excluding carboxylic acids is 2. The number of carbonyl (C=O) groups is 2. The van der Waals surface area contributed by atoms with Crippen LogP contribution in [-0.2, 0) is 9.53 Å². The highest BCUT2D eigenvalue weighted by Gasteiger charge is 2.22. The first-order valence-corrected chi connectivity index (χ1v) is 7.08. The van der Waals surface area contributed by atoms with Crippen molar-refractivity contribution in [3.8, 4) is 0 Å². The van der Waals surface area contributed by atoms with E-state index in [9.17, 15) is 9.59 Å². The van der Waals surface area contributed by atoms with Crippen LogP contribution in [0.15, 0.2) is 28.9 Å². The molecule has 0 atom stereocenters. The SMILES string of the molecule is CC(C)(CNC(=O)OC(C)(C)C)NC(=O)/C=C\c1ccco1. The molecule has 0 aliphatic rings. The van der Waals surface area contributed by atoms with Crippen molar-refractivity contribution in [3.63, 3.8) is 0 Å². The molecule has 1 heterocycles. The van der Waals surface area contributed by atoms with Gasteiger partial charge in [-0.1, -0.05) is 0 Å². The summed E-state index contributed by atoms with van der Waals surface area (Å²) < 4.78 is 10.2. The van der Waals surface area contributed by atoms with Gasteiger partial charge in [-0.15, -0.1) is 0 Å². The van der Waals surface area contributed by atoms with E-state index in [1.54, 1.807) is 39.0 Å². The van der Waals surface area contributed by atoms with E-state index >= 15 is 0 Å². The van der Waals surface area contributed by atoms with Gasteiger partial charge in [-0.3, -0.25) is 4.79 Å². The summed E-state index contributed by atoms with van der Waals surface area (Å²) in [5, 5.41) is 5.44. The Labute approximate surface area is 130 Å². The lowest BCUT2D eigenvalue weighted by molar-refractivity contribution is -0.117. The summed E-state index contributed by atoms with van der Waals surface area (Å²) in [6.45, 7) is 9.24. The van der Waals surface area contributed by atoms with Crippen LogP contribution in [0.3, 0.4) is 0 Å². The molecule has 1 aromatic heterocycles. The summed E-state index contributed by atoms with van der Waals surface area (Å²) in [7, 11) is 0. The molecule has 0 aliphatic carbocycles. The van der Waals surface area contributed by atoms with Crippen molar-refractivity contribution in [2.45, 2.75) is 45.8 Å². The summed E-state index contributed by atoms with van der Waals surface area (Å²) in [5.74, 6) is 0.326. The monoisotopic (exact) mass is 308 g/mol. The standard InChI is InChI=1S/C16H24N2O4/c1-15(2,3)22-14(20)17-11-16(4,5)18-13(19)9-8-12-7-6-10-21-12/h6-10H,11H2,1-5H3,(H,17,20)(H,18,19)/b9-8-. The van der Waals surface area contributed by atoms with Crippen LogP contribution >= 0.6 is 0 Å². The van der Waals surface area contributed by atoms with Gasteiger partial charge in [0.1, 0.15) is 11.4 Å². The van der Waals surface area contributed by atoms with Gasteiger partial charge in [0, 0.05) is 12.6 Å². The molecule has 0 bridgehead atoms. The van der Waals surface area contributed by atoms with E-state index in [1.807, 2.05) is 13.8 Å². The molecule has 0 aliphatic heterocycles. The Morgan fingerprint density at radius 3 is 2.50 bits per heavy atom. The average molecular weight is 308 g/mol. The molecule has 0 unspecified atom stereocenters. The molecule has 1 rings (SSSR count). The molecule has 0 aromatic carbocycles. The molecule has 6 heteroatoms. The normalized spacial score (nSPS) is 12.2. The van der Waals surface area contributed by atoms with Crippen LogP contribution in [0.5, 0.6) is 0 Å². The lowest BCUT2D eigenvalue weighted by Gasteiger charge is -2.27. The molecule has 22 heavy (non-hydrogen) atoms. The van der Waals surface area contributed by atoms with Crippen molar-refractivity contribution < 1.29 is 18.7 Å². The number of ether oxygens (including phenoxy) is 1. The summed E-state index contributed by atoms with van der Waals surface area (Å²) in [6, 6.07) is 3.49. The van der Waals surface area contributed by atoms with Gasteiger partial charge < -0.3 is 19.8 Å². The molecule has 0 spiro atoms. The van der Waals surface area contributed by atoms with Crippen molar-refractivity contribution >= 4 is 18.1 Å². The first kappa shape index (κ1) is 17.8. The van der Waals surface area contributed by atoms with Gasteiger partial charge in [-0.2, -0.15) is 0 Å². The van der Waals surface area contributed by atoms with E-state index in [0.29, 0.717) is 5.76 Å². The minimum Gasteiger partial charge on any atom is -0.465 e. The molecule has 6 nitrogen and oxygen atoms in total. The molecular formula is C16H24N2O4. The van der Waals surface area contributed by atoms with Crippen LogP contribution in [-0.4, -0.2) is 29.7 Å². The van der Waals surface area contributed by atoms with E-state index in [4.69, 9.17) is 9.15 Å². The molecule has 2 N–H and O–H groups in total. The molecule has 2 amide bonds. The van der Waals surface area contributed by atoms with Gasteiger partial charge in [-0.05, 0) is 52.8 Å². The van der Waals surface area contributed by atoms with Crippen LogP contribution in [0.4, 0.5) is 4.79 Å². The number of rotatable bonds is 5. The second-order valence-corrected chi connectivity index (χ2v) is 6.58. The Bertz CT molecular complexity index is 525. The molecule has 0 saturated heterocycles. The van der Waals surface area contributed by atoms with E-state index in [-0.39, 0.29) is 12.5 Å². The number of hydrogen-bond donors (Lipinski definition) is 2. The van der Waals surface area contributed by atoms with Crippen LogP contribution in [0.2, 0.25) is 0 Å². The largest absolute Gasteiger partial charge is 0.465 e. The maximum atomic E-state index is 11.8. The summed E-state index contributed by atoms with van der Waals surface area (Å²) >= 11 is 0. The Morgan fingerprint density at radius 1 is 1.27 bits per heavy atom. The number of hydrogen-bond acceptors (Lipinski definition) is 4. The molecule has 1 aromatic rings. The Balaban J connectivity index is 2.42. The molecule has 0 fully saturated rings. The highest BCUT2D eigenvalue weighted by atomic mass is 16.6. The van der Waals surface area contributed by atoms with Crippen molar-refractivity contribution in [2.75, 3.05) is 6.54 Å². The van der Waals surface area contributed by atoms with Gasteiger partial charge in [0.25, 0.3) is 0 Å². The molecule has 122 valence electrons. The summed E-state index contributed by atoms with van der Waals surface area (Å²) in [6.07, 6.45) is 3.98. The zero-order chi connectivity index (χ0) is 16.8. The van der Waals surface area contributed by atoms with Crippen molar-refractivity contribution in [2.24, 2.45) is 0 Å². The minimum absolute atomic E-state index is 0.252. The topological polar surface area (TPSA) is 80.6 Å². The number of alkyl carbamates (subject to hydrolysis) is 1. The molecule has 0 radical (unpaired) electrons. The fraction of sp³-hybridized carbons (Fsp3) is 0.500. The number of nitrogens with one attached hydrogen (secondary N) is 2. The van der Waals surface area contributed by atoms with Crippen molar-refractivity contribution in [3.05, 3.63) is 30.2 Å². The van der Waals surface area contributed by atoms with E-state index < -0.39 is 17.2 Å². The maximum Gasteiger partial charge on any atom is 0.407 e. The third-order valence-electron chi connectivity index (χ3n) is 2.48. The third kappa shape index (κ3) is 7.52. The van der Waals surface area contributed by atoms with Gasteiger partial charge in [0.2, 0.25) is 5.91 Å². The minimum atomic E-state index is -0.610. The maximum absolute atomic E-state index is 11.8. The number of amides is 2. The van der Waals surface area contributed by atoms with E-state index in [1.165, 1.54) is 12.3 Å². The fourth-order valence-corrected chi connectivity index (χ4v) is 1.57. The van der Waals surface area contributed by atoms with Gasteiger partial charge >= 0.3 is 6.09 Å². The van der Waals surface area contributed by atoms with Crippen LogP contribution in [0.1, 0.15) is 40.4 Å². The van der Waals surface area contributed by atoms with Crippen molar-refractivity contribution in [1.29, 1.82) is 0 Å². The highest BCUT2D eigenvalue weighted by molar-refractivity contribution is 5.91. The Kier molecular flexibility index (Phi) is 5.79. The predicted molar refractivity (Wildman–Crippen MR) is 84.2 cm³/mol. The second-order valence-electron chi connectivity index (χ2n) is 6.58. The predicted octanol–water partition coefficient (Wildman–Crippen LogP) is 2.71. The zero-order valence-corrected chi connectivity index (χ0v) is 13.7. The smallest absolute Gasteiger partial charge is 0.407 e. The van der Waals surface area contributed by atoms with E-state index in [2.05, 4.69) is 10.6 Å². The number of furan rings is 1.